The first kappa shape index (κ1) is 19.1. The number of nitrogens with zero attached hydrogens (tertiary/aromatic N) is 2. The minimum absolute atomic E-state index is 0.178. The number of carbonyl (C=O) groups excluding carboxylic acids is 2. The van der Waals surface area contributed by atoms with Crippen molar-refractivity contribution < 1.29 is 14.3 Å². The molecule has 0 saturated heterocycles. The second-order valence-corrected chi connectivity index (χ2v) is 6.16. The van der Waals surface area contributed by atoms with Crippen LogP contribution in [0.15, 0.2) is 53.3 Å². The van der Waals surface area contributed by atoms with E-state index in [1.807, 2.05) is 6.92 Å². The zero-order valence-electron chi connectivity index (χ0n) is 15.3. The highest BCUT2D eigenvalue weighted by molar-refractivity contribution is 6.11. The zero-order valence-corrected chi connectivity index (χ0v) is 15.3. The second kappa shape index (κ2) is 8.34. The lowest BCUT2D eigenvalue weighted by Crippen LogP contribution is -2.27. The quantitative estimate of drug-likeness (QED) is 0.650. The predicted octanol–water partition coefficient (Wildman–Crippen LogP) is 1.92. The average molecular weight is 380 g/mol. The summed E-state index contributed by atoms with van der Waals surface area (Å²) in [7, 11) is 0. The van der Waals surface area contributed by atoms with Crippen LogP contribution in [0.3, 0.4) is 0 Å². The maximum absolute atomic E-state index is 12.8. The molecule has 0 aliphatic rings. The van der Waals surface area contributed by atoms with Crippen molar-refractivity contribution in [2.45, 2.75) is 19.9 Å². The van der Waals surface area contributed by atoms with Crippen LogP contribution in [-0.4, -0.2) is 28.2 Å². The van der Waals surface area contributed by atoms with Gasteiger partial charge in [0, 0.05) is 17.6 Å². The van der Waals surface area contributed by atoms with Crippen molar-refractivity contribution >= 4 is 28.3 Å². The Morgan fingerprint density at radius 3 is 2.43 bits per heavy atom. The van der Waals surface area contributed by atoms with Gasteiger partial charge in [0.2, 0.25) is 0 Å². The fourth-order valence-corrected chi connectivity index (χ4v) is 2.75. The summed E-state index contributed by atoms with van der Waals surface area (Å²) in [5.74, 6) is -0.540. The molecule has 3 N–H and O–H groups in total. The fourth-order valence-electron chi connectivity index (χ4n) is 2.75. The molecule has 2 amide bonds. The summed E-state index contributed by atoms with van der Waals surface area (Å²) in [6, 6.07) is 13.4. The molecule has 1 heterocycles. The van der Waals surface area contributed by atoms with E-state index in [1.54, 1.807) is 48.5 Å². The number of nitrogens with one attached hydrogen (secondary N) is 1. The molecule has 144 valence electrons. The van der Waals surface area contributed by atoms with E-state index in [4.69, 9.17) is 10.5 Å². The number of fused-ring (bicyclic) bond motifs is 1. The van der Waals surface area contributed by atoms with Gasteiger partial charge >= 0.3 is 0 Å². The Labute approximate surface area is 160 Å². The van der Waals surface area contributed by atoms with Crippen LogP contribution >= 0.6 is 0 Å². The molecule has 8 heteroatoms. The monoisotopic (exact) mass is 380 g/mol. The number of ether oxygens (including phenoxy) is 1. The van der Waals surface area contributed by atoms with E-state index in [0.717, 1.165) is 6.42 Å². The Morgan fingerprint density at radius 2 is 1.79 bits per heavy atom. The number of amides is 2. The number of anilines is 1. The van der Waals surface area contributed by atoms with Crippen molar-refractivity contribution in [3.8, 4) is 5.75 Å². The van der Waals surface area contributed by atoms with Gasteiger partial charge in [0.25, 0.3) is 17.4 Å². The first-order valence-electron chi connectivity index (χ1n) is 8.82. The van der Waals surface area contributed by atoms with Crippen molar-refractivity contribution in [3.63, 3.8) is 0 Å². The molecule has 0 aliphatic heterocycles. The smallest absolute Gasteiger partial charge is 0.276 e. The van der Waals surface area contributed by atoms with E-state index < -0.39 is 11.8 Å². The van der Waals surface area contributed by atoms with E-state index in [2.05, 4.69) is 10.4 Å². The Hall–Kier alpha value is -3.68. The largest absolute Gasteiger partial charge is 0.484 e. The van der Waals surface area contributed by atoms with Crippen LogP contribution in [0.1, 0.15) is 23.8 Å². The van der Waals surface area contributed by atoms with Crippen LogP contribution in [0.5, 0.6) is 5.75 Å². The summed E-state index contributed by atoms with van der Waals surface area (Å²) in [5, 5.41) is 7.99. The number of hydrogen-bond acceptors (Lipinski definition) is 5. The van der Waals surface area contributed by atoms with Crippen LogP contribution in [-0.2, 0) is 11.3 Å². The summed E-state index contributed by atoms with van der Waals surface area (Å²) in [4.78, 5) is 36.1. The molecule has 0 radical (unpaired) electrons. The minimum Gasteiger partial charge on any atom is -0.484 e. The standard InChI is InChI=1S/C20H20N4O4/c1-2-11-24-20(27)16-6-4-3-5-15(16)18(23-24)19(26)22-13-7-9-14(10-8-13)28-12-17(21)25/h3-10H,2,11-12H2,1H3,(H2,21,25)(H,22,26). The second-order valence-electron chi connectivity index (χ2n) is 6.16. The molecular formula is C20H20N4O4. The maximum Gasteiger partial charge on any atom is 0.276 e. The number of nitrogens with two attached hydrogens (primary N) is 1. The Kier molecular flexibility index (Phi) is 5.69. The number of rotatable bonds is 7. The molecule has 3 aromatic rings. The van der Waals surface area contributed by atoms with Crippen molar-refractivity contribution in [1.82, 2.24) is 9.78 Å². The maximum atomic E-state index is 12.8. The fraction of sp³-hybridized carbons (Fsp3) is 0.200. The number of benzene rings is 2. The van der Waals surface area contributed by atoms with Gasteiger partial charge in [-0.05, 0) is 36.8 Å². The Balaban J connectivity index is 1.88. The molecule has 1 aromatic heterocycles. The van der Waals surface area contributed by atoms with Crippen molar-refractivity contribution in [2.75, 3.05) is 11.9 Å². The molecule has 0 saturated carbocycles. The predicted molar refractivity (Wildman–Crippen MR) is 105 cm³/mol. The Bertz CT molecular complexity index is 1070. The summed E-state index contributed by atoms with van der Waals surface area (Å²) in [6.45, 7) is 2.14. The third kappa shape index (κ3) is 4.17. The van der Waals surface area contributed by atoms with Gasteiger partial charge in [-0.15, -0.1) is 0 Å². The van der Waals surface area contributed by atoms with Crippen LogP contribution in [0, 0.1) is 0 Å². The number of primary amides is 1. The van der Waals surface area contributed by atoms with Crippen LogP contribution in [0.25, 0.3) is 10.8 Å². The summed E-state index contributed by atoms with van der Waals surface area (Å²) >= 11 is 0. The molecule has 0 unspecified atom stereocenters. The molecule has 0 fully saturated rings. The van der Waals surface area contributed by atoms with Gasteiger partial charge in [-0.3, -0.25) is 14.4 Å². The lowest BCUT2D eigenvalue weighted by molar-refractivity contribution is -0.119. The summed E-state index contributed by atoms with van der Waals surface area (Å²) in [6.07, 6.45) is 0.721. The van der Waals surface area contributed by atoms with E-state index >= 15 is 0 Å². The van der Waals surface area contributed by atoms with E-state index in [-0.39, 0.29) is 17.9 Å². The molecule has 0 atom stereocenters. The molecule has 8 nitrogen and oxygen atoms in total. The van der Waals surface area contributed by atoms with Crippen molar-refractivity contribution in [1.29, 1.82) is 0 Å². The van der Waals surface area contributed by atoms with Crippen molar-refractivity contribution in [2.24, 2.45) is 5.73 Å². The average Bonchev–Trinajstić information content (AvgIpc) is 2.69. The SMILES string of the molecule is CCCn1nc(C(=O)Nc2ccc(OCC(N)=O)cc2)c2ccccc2c1=O. The molecule has 0 bridgehead atoms. The molecular weight excluding hydrogens is 360 g/mol. The lowest BCUT2D eigenvalue weighted by Gasteiger charge is -2.11. The molecule has 3 rings (SSSR count). The van der Waals surface area contributed by atoms with Gasteiger partial charge in [-0.2, -0.15) is 5.10 Å². The third-order valence-corrected chi connectivity index (χ3v) is 4.01. The zero-order chi connectivity index (χ0) is 20.1. The van der Waals surface area contributed by atoms with Gasteiger partial charge < -0.3 is 15.8 Å². The molecule has 2 aromatic carbocycles. The highest BCUT2D eigenvalue weighted by atomic mass is 16.5. The number of carbonyl (C=O) groups is 2. The molecule has 0 aliphatic carbocycles. The Morgan fingerprint density at radius 1 is 1.11 bits per heavy atom. The normalized spacial score (nSPS) is 10.6. The van der Waals surface area contributed by atoms with Gasteiger partial charge in [0.05, 0.1) is 5.39 Å². The third-order valence-electron chi connectivity index (χ3n) is 4.01. The molecule has 28 heavy (non-hydrogen) atoms. The van der Waals surface area contributed by atoms with E-state index in [9.17, 15) is 14.4 Å². The first-order valence-corrected chi connectivity index (χ1v) is 8.82. The number of aromatic nitrogens is 2. The summed E-state index contributed by atoms with van der Waals surface area (Å²) in [5.41, 5.74) is 5.52. The highest BCUT2D eigenvalue weighted by Crippen LogP contribution is 2.18. The van der Waals surface area contributed by atoms with E-state index in [1.165, 1.54) is 4.68 Å². The van der Waals surface area contributed by atoms with Gasteiger partial charge in [-0.25, -0.2) is 4.68 Å². The summed E-state index contributed by atoms with van der Waals surface area (Å²) < 4.78 is 6.51. The van der Waals surface area contributed by atoms with Gasteiger partial charge in [0.15, 0.2) is 12.3 Å². The van der Waals surface area contributed by atoms with Crippen LogP contribution in [0.2, 0.25) is 0 Å². The lowest BCUT2D eigenvalue weighted by atomic mass is 10.1. The molecule has 0 spiro atoms. The van der Waals surface area contributed by atoms with E-state index in [0.29, 0.717) is 28.8 Å². The van der Waals surface area contributed by atoms with Crippen LogP contribution in [0.4, 0.5) is 5.69 Å². The number of hydrogen-bond donors (Lipinski definition) is 2. The number of aryl methyl sites for hydroxylation is 1. The minimum atomic E-state index is -0.572. The first-order chi connectivity index (χ1) is 13.5. The topological polar surface area (TPSA) is 116 Å². The van der Waals surface area contributed by atoms with Crippen molar-refractivity contribution in [3.05, 3.63) is 64.6 Å². The van der Waals surface area contributed by atoms with Gasteiger partial charge in [-0.1, -0.05) is 25.1 Å². The van der Waals surface area contributed by atoms with Gasteiger partial charge in [0.1, 0.15) is 5.75 Å². The highest BCUT2D eigenvalue weighted by Gasteiger charge is 2.16. The van der Waals surface area contributed by atoms with Crippen LogP contribution < -0.4 is 21.3 Å².